The van der Waals surface area contributed by atoms with Gasteiger partial charge in [-0.2, -0.15) is 0 Å². The van der Waals surface area contributed by atoms with Crippen molar-refractivity contribution in [3.63, 3.8) is 0 Å². The van der Waals surface area contributed by atoms with Crippen LogP contribution in [0, 0.1) is 6.92 Å². The van der Waals surface area contributed by atoms with Gasteiger partial charge in [-0.25, -0.2) is 0 Å². The third kappa shape index (κ3) is 4.10. The topological polar surface area (TPSA) is 34.0 Å². The van der Waals surface area contributed by atoms with E-state index in [0.29, 0.717) is 6.42 Å². The van der Waals surface area contributed by atoms with Gasteiger partial charge < -0.3 is 9.88 Å². The summed E-state index contributed by atoms with van der Waals surface area (Å²) >= 11 is 6.00. The summed E-state index contributed by atoms with van der Waals surface area (Å²) in [5, 5.41) is 4.84. The van der Waals surface area contributed by atoms with Gasteiger partial charge >= 0.3 is 0 Å². The van der Waals surface area contributed by atoms with Gasteiger partial charge in [0.05, 0.1) is 6.42 Å². The highest BCUT2D eigenvalue weighted by Crippen LogP contribution is 2.24. The molecule has 1 N–H and O–H groups in total. The van der Waals surface area contributed by atoms with E-state index in [-0.39, 0.29) is 5.91 Å². The standard InChI is InChI=1S/C24H21ClN2O/c1-17-5-4-6-21(13-17)26-24(28)14-19-16-27(23-8-3-2-7-22(19)23)15-18-9-11-20(25)12-10-18/h2-13,16H,14-15H2,1H3,(H,26,28). The Morgan fingerprint density at radius 3 is 2.57 bits per heavy atom. The van der Waals surface area contributed by atoms with Crippen molar-refractivity contribution in [1.82, 2.24) is 4.57 Å². The molecule has 4 aromatic rings. The number of hydrogen-bond acceptors (Lipinski definition) is 1. The highest BCUT2D eigenvalue weighted by atomic mass is 35.5. The lowest BCUT2D eigenvalue weighted by Crippen LogP contribution is -2.14. The summed E-state index contributed by atoms with van der Waals surface area (Å²) in [7, 11) is 0. The van der Waals surface area contributed by atoms with E-state index in [1.165, 1.54) is 5.56 Å². The van der Waals surface area contributed by atoms with Gasteiger partial charge in [0.2, 0.25) is 5.91 Å². The number of benzene rings is 3. The molecule has 0 atom stereocenters. The quantitative estimate of drug-likeness (QED) is 0.458. The molecule has 4 rings (SSSR count). The second-order valence-corrected chi connectivity index (χ2v) is 7.46. The van der Waals surface area contributed by atoms with E-state index >= 15 is 0 Å². The molecule has 0 unspecified atom stereocenters. The molecule has 1 heterocycles. The molecule has 0 radical (unpaired) electrons. The molecule has 1 aromatic heterocycles. The smallest absolute Gasteiger partial charge is 0.228 e. The maximum absolute atomic E-state index is 12.6. The van der Waals surface area contributed by atoms with Crippen molar-refractivity contribution in [3.8, 4) is 0 Å². The number of aryl methyl sites for hydroxylation is 1. The minimum atomic E-state index is -0.0139. The number of carbonyl (C=O) groups is 1. The molecule has 28 heavy (non-hydrogen) atoms. The molecule has 0 saturated carbocycles. The number of halogens is 1. The van der Waals surface area contributed by atoms with E-state index in [4.69, 9.17) is 11.6 Å². The summed E-state index contributed by atoms with van der Waals surface area (Å²) < 4.78 is 2.19. The van der Waals surface area contributed by atoms with Crippen LogP contribution in [-0.2, 0) is 17.8 Å². The summed E-state index contributed by atoms with van der Waals surface area (Å²) in [6.45, 7) is 2.75. The second kappa shape index (κ2) is 7.91. The normalized spacial score (nSPS) is 10.9. The molecule has 1 amide bonds. The fraction of sp³-hybridized carbons (Fsp3) is 0.125. The summed E-state index contributed by atoms with van der Waals surface area (Å²) in [6.07, 6.45) is 2.41. The number of fused-ring (bicyclic) bond motifs is 1. The first-order valence-electron chi connectivity index (χ1n) is 9.26. The molecule has 3 aromatic carbocycles. The molecule has 3 nitrogen and oxygen atoms in total. The predicted molar refractivity (Wildman–Crippen MR) is 116 cm³/mol. The third-order valence-electron chi connectivity index (χ3n) is 4.79. The van der Waals surface area contributed by atoms with Crippen LogP contribution in [0.25, 0.3) is 10.9 Å². The summed E-state index contributed by atoms with van der Waals surface area (Å²) in [4.78, 5) is 12.6. The van der Waals surface area contributed by atoms with E-state index in [9.17, 15) is 4.79 Å². The number of nitrogens with one attached hydrogen (secondary N) is 1. The number of amides is 1. The average molecular weight is 389 g/mol. The van der Waals surface area contributed by atoms with Gasteiger partial charge in [0.25, 0.3) is 0 Å². The van der Waals surface area contributed by atoms with E-state index in [0.717, 1.165) is 39.3 Å². The second-order valence-electron chi connectivity index (χ2n) is 7.02. The van der Waals surface area contributed by atoms with E-state index < -0.39 is 0 Å². The molecule has 0 aliphatic heterocycles. The number of para-hydroxylation sites is 1. The molecule has 140 valence electrons. The van der Waals surface area contributed by atoms with Crippen molar-refractivity contribution in [1.29, 1.82) is 0 Å². The minimum Gasteiger partial charge on any atom is -0.343 e. The SMILES string of the molecule is Cc1cccc(NC(=O)Cc2cn(Cc3ccc(Cl)cc3)c3ccccc23)c1. The van der Waals surface area contributed by atoms with Crippen molar-refractivity contribution >= 4 is 34.1 Å². The van der Waals surface area contributed by atoms with Crippen molar-refractivity contribution in [3.05, 3.63) is 101 Å². The van der Waals surface area contributed by atoms with Crippen LogP contribution in [0.2, 0.25) is 5.02 Å². The van der Waals surface area contributed by atoms with Crippen molar-refractivity contribution in [2.24, 2.45) is 0 Å². The lowest BCUT2D eigenvalue weighted by molar-refractivity contribution is -0.115. The van der Waals surface area contributed by atoms with E-state index in [1.54, 1.807) is 0 Å². The number of hydrogen-bond donors (Lipinski definition) is 1. The number of nitrogens with zero attached hydrogens (tertiary/aromatic N) is 1. The monoisotopic (exact) mass is 388 g/mol. The van der Waals surface area contributed by atoms with E-state index in [2.05, 4.69) is 28.2 Å². The van der Waals surface area contributed by atoms with Crippen molar-refractivity contribution in [2.75, 3.05) is 5.32 Å². The maximum Gasteiger partial charge on any atom is 0.228 e. The molecule has 0 fully saturated rings. The minimum absolute atomic E-state index is 0.0139. The van der Waals surface area contributed by atoms with Gasteiger partial charge in [0.1, 0.15) is 0 Å². The molecule has 0 aliphatic rings. The Hall–Kier alpha value is -3.04. The van der Waals surface area contributed by atoms with Crippen LogP contribution in [-0.4, -0.2) is 10.5 Å². The molecule has 0 bridgehead atoms. The first kappa shape index (κ1) is 18.3. The zero-order valence-corrected chi connectivity index (χ0v) is 16.4. The van der Waals surface area contributed by atoms with Gasteiger partial charge in [0.15, 0.2) is 0 Å². The van der Waals surface area contributed by atoms with Crippen LogP contribution >= 0.6 is 11.6 Å². The number of rotatable bonds is 5. The molecule has 0 aliphatic carbocycles. The summed E-state index contributed by atoms with van der Waals surface area (Å²) in [5.74, 6) is -0.0139. The Bertz CT molecular complexity index is 1130. The molecule has 0 saturated heterocycles. The Morgan fingerprint density at radius 1 is 1.00 bits per heavy atom. The summed E-state index contributed by atoms with van der Waals surface area (Å²) in [5.41, 5.74) is 5.26. The van der Waals surface area contributed by atoms with Crippen molar-refractivity contribution < 1.29 is 4.79 Å². The van der Waals surface area contributed by atoms with Crippen LogP contribution in [0.1, 0.15) is 16.7 Å². The fourth-order valence-corrected chi connectivity index (χ4v) is 3.61. The zero-order valence-electron chi connectivity index (χ0n) is 15.7. The van der Waals surface area contributed by atoms with Crippen molar-refractivity contribution in [2.45, 2.75) is 19.9 Å². The first-order valence-corrected chi connectivity index (χ1v) is 9.64. The highest BCUT2D eigenvalue weighted by Gasteiger charge is 2.12. The molecule has 4 heteroatoms. The molecular weight excluding hydrogens is 368 g/mol. The lowest BCUT2D eigenvalue weighted by atomic mass is 10.1. The number of aromatic nitrogens is 1. The Balaban J connectivity index is 1.58. The number of anilines is 1. The largest absolute Gasteiger partial charge is 0.343 e. The van der Waals surface area contributed by atoms with Gasteiger partial charge in [-0.05, 0) is 53.9 Å². The lowest BCUT2D eigenvalue weighted by Gasteiger charge is -2.06. The molecular formula is C24H21ClN2O. The zero-order chi connectivity index (χ0) is 19.5. The maximum atomic E-state index is 12.6. The Labute approximate surface area is 169 Å². The van der Waals surface area contributed by atoms with E-state index in [1.807, 2.05) is 67.6 Å². The first-order chi connectivity index (χ1) is 13.6. The Kier molecular flexibility index (Phi) is 5.18. The third-order valence-corrected chi connectivity index (χ3v) is 5.04. The predicted octanol–water partition coefficient (Wildman–Crippen LogP) is 5.83. The summed E-state index contributed by atoms with van der Waals surface area (Å²) in [6, 6.07) is 23.9. The van der Waals surface area contributed by atoms with Gasteiger partial charge in [-0.3, -0.25) is 4.79 Å². The Morgan fingerprint density at radius 2 is 1.79 bits per heavy atom. The molecule has 0 spiro atoms. The van der Waals surface area contributed by atoms with Gasteiger partial charge in [0, 0.05) is 34.4 Å². The van der Waals surface area contributed by atoms with Crippen LogP contribution < -0.4 is 5.32 Å². The fourth-order valence-electron chi connectivity index (χ4n) is 3.48. The van der Waals surface area contributed by atoms with Crippen LogP contribution in [0.5, 0.6) is 0 Å². The van der Waals surface area contributed by atoms with Gasteiger partial charge in [-0.15, -0.1) is 0 Å². The van der Waals surface area contributed by atoms with Crippen LogP contribution in [0.4, 0.5) is 5.69 Å². The van der Waals surface area contributed by atoms with Crippen LogP contribution in [0.15, 0.2) is 79.0 Å². The van der Waals surface area contributed by atoms with Crippen LogP contribution in [0.3, 0.4) is 0 Å². The van der Waals surface area contributed by atoms with Gasteiger partial charge in [-0.1, -0.05) is 54.1 Å². The highest BCUT2D eigenvalue weighted by molar-refractivity contribution is 6.30. The number of carbonyl (C=O) groups excluding carboxylic acids is 1. The average Bonchev–Trinajstić information content (AvgIpc) is 3.01.